The van der Waals surface area contributed by atoms with Crippen LogP contribution in [0.3, 0.4) is 0 Å². The largest absolute Gasteiger partial charge is 0.504 e. The van der Waals surface area contributed by atoms with Crippen molar-refractivity contribution in [2.24, 2.45) is 0 Å². The van der Waals surface area contributed by atoms with Crippen molar-refractivity contribution in [1.82, 2.24) is 0 Å². The third kappa shape index (κ3) is 2.85. The van der Waals surface area contributed by atoms with Gasteiger partial charge in [0.15, 0.2) is 11.5 Å². The number of nitrogens with one attached hydrogen (secondary N) is 1. The van der Waals surface area contributed by atoms with Gasteiger partial charge in [-0.1, -0.05) is 11.6 Å². The summed E-state index contributed by atoms with van der Waals surface area (Å²) < 4.78 is 10.6. The van der Waals surface area contributed by atoms with Gasteiger partial charge in [-0.25, -0.2) is 0 Å². The summed E-state index contributed by atoms with van der Waals surface area (Å²) in [6.07, 6.45) is 0.932. The van der Waals surface area contributed by atoms with Crippen molar-refractivity contribution in [3.63, 3.8) is 0 Å². The summed E-state index contributed by atoms with van der Waals surface area (Å²) in [5.41, 5.74) is 2.88. The summed E-state index contributed by atoms with van der Waals surface area (Å²) in [5, 5.41) is 13.9. The van der Waals surface area contributed by atoms with Crippen LogP contribution in [0.4, 0.5) is 5.69 Å². The molecule has 0 amide bonds. The standard InChI is InChI=1S/C16H16ClNO3/c1-20-15-8-12(17)6-11(16(15)19)9-18-13-2-3-14-10(7-13)4-5-21-14/h2-3,6-8,18-19H,4-5,9H2,1H3. The quantitative estimate of drug-likeness (QED) is 0.906. The van der Waals surface area contributed by atoms with Crippen LogP contribution in [0.1, 0.15) is 11.1 Å². The molecule has 5 heteroatoms. The lowest BCUT2D eigenvalue weighted by Gasteiger charge is -2.12. The van der Waals surface area contributed by atoms with Crippen molar-refractivity contribution in [2.45, 2.75) is 13.0 Å². The van der Waals surface area contributed by atoms with Crippen LogP contribution in [-0.4, -0.2) is 18.8 Å². The minimum absolute atomic E-state index is 0.110. The van der Waals surface area contributed by atoms with E-state index in [0.717, 1.165) is 24.5 Å². The molecular formula is C16H16ClNO3. The van der Waals surface area contributed by atoms with Crippen molar-refractivity contribution in [3.8, 4) is 17.2 Å². The summed E-state index contributed by atoms with van der Waals surface area (Å²) >= 11 is 6.02. The maximum absolute atomic E-state index is 10.1. The Morgan fingerprint density at radius 3 is 3.00 bits per heavy atom. The Balaban J connectivity index is 1.77. The summed E-state index contributed by atoms with van der Waals surface area (Å²) in [6.45, 7) is 1.20. The first-order chi connectivity index (χ1) is 10.2. The summed E-state index contributed by atoms with van der Waals surface area (Å²) in [4.78, 5) is 0. The molecule has 0 saturated heterocycles. The topological polar surface area (TPSA) is 50.7 Å². The first-order valence-electron chi connectivity index (χ1n) is 6.72. The zero-order valence-corrected chi connectivity index (χ0v) is 12.4. The average molecular weight is 306 g/mol. The molecule has 0 atom stereocenters. The SMILES string of the molecule is COc1cc(Cl)cc(CNc2ccc3c(c2)CCO3)c1O. The van der Waals surface area contributed by atoms with Gasteiger partial charge in [-0.05, 0) is 29.8 Å². The van der Waals surface area contributed by atoms with Gasteiger partial charge in [0.2, 0.25) is 0 Å². The second-order valence-electron chi connectivity index (χ2n) is 4.89. The van der Waals surface area contributed by atoms with Crippen LogP contribution in [-0.2, 0) is 13.0 Å². The molecule has 0 bridgehead atoms. The number of hydrogen-bond acceptors (Lipinski definition) is 4. The fraction of sp³-hybridized carbons (Fsp3) is 0.250. The second-order valence-corrected chi connectivity index (χ2v) is 5.33. The van der Waals surface area contributed by atoms with E-state index in [0.29, 0.717) is 22.9 Å². The molecule has 0 aliphatic carbocycles. The Labute approximate surface area is 128 Å². The molecule has 0 aromatic heterocycles. The van der Waals surface area contributed by atoms with E-state index in [1.54, 1.807) is 12.1 Å². The molecule has 1 aliphatic rings. The molecule has 0 radical (unpaired) electrons. The molecule has 0 fully saturated rings. The van der Waals surface area contributed by atoms with E-state index in [1.807, 2.05) is 12.1 Å². The monoisotopic (exact) mass is 305 g/mol. The number of phenols is 1. The molecule has 2 N–H and O–H groups in total. The highest BCUT2D eigenvalue weighted by Crippen LogP contribution is 2.34. The van der Waals surface area contributed by atoms with Crippen molar-refractivity contribution < 1.29 is 14.6 Å². The van der Waals surface area contributed by atoms with E-state index in [2.05, 4.69) is 11.4 Å². The number of fused-ring (bicyclic) bond motifs is 1. The highest BCUT2D eigenvalue weighted by Gasteiger charge is 2.13. The van der Waals surface area contributed by atoms with Gasteiger partial charge in [-0.3, -0.25) is 0 Å². The summed E-state index contributed by atoms with van der Waals surface area (Å²) in [5.74, 6) is 1.44. The van der Waals surface area contributed by atoms with Crippen LogP contribution < -0.4 is 14.8 Å². The lowest BCUT2D eigenvalue weighted by Crippen LogP contribution is -2.01. The molecule has 2 aromatic carbocycles. The lowest BCUT2D eigenvalue weighted by molar-refractivity contribution is 0.357. The van der Waals surface area contributed by atoms with Gasteiger partial charge in [-0.2, -0.15) is 0 Å². The number of ether oxygens (including phenoxy) is 2. The Bertz CT molecular complexity index is 673. The Morgan fingerprint density at radius 2 is 2.19 bits per heavy atom. The van der Waals surface area contributed by atoms with Gasteiger partial charge < -0.3 is 19.9 Å². The third-order valence-electron chi connectivity index (χ3n) is 3.51. The van der Waals surface area contributed by atoms with E-state index in [-0.39, 0.29) is 5.75 Å². The van der Waals surface area contributed by atoms with Gasteiger partial charge in [0.1, 0.15) is 5.75 Å². The molecule has 1 heterocycles. The maximum atomic E-state index is 10.1. The molecule has 0 spiro atoms. The van der Waals surface area contributed by atoms with E-state index in [9.17, 15) is 5.11 Å². The minimum atomic E-state index is 0.110. The van der Waals surface area contributed by atoms with Crippen molar-refractivity contribution >= 4 is 17.3 Å². The molecule has 21 heavy (non-hydrogen) atoms. The second kappa shape index (κ2) is 5.74. The normalized spacial score (nSPS) is 12.7. The van der Waals surface area contributed by atoms with Gasteiger partial charge in [0.05, 0.1) is 13.7 Å². The van der Waals surface area contributed by atoms with Gasteiger partial charge in [0.25, 0.3) is 0 Å². The summed E-state index contributed by atoms with van der Waals surface area (Å²) in [6, 6.07) is 9.31. The molecule has 3 rings (SSSR count). The first-order valence-corrected chi connectivity index (χ1v) is 7.10. The minimum Gasteiger partial charge on any atom is -0.504 e. The maximum Gasteiger partial charge on any atom is 0.162 e. The Hall–Kier alpha value is -2.07. The molecule has 4 nitrogen and oxygen atoms in total. The van der Waals surface area contributed by atoms with Gasteiger partial charge >= 0.3 is 0 Å². The molecular weight excluding hydrogens is 290 g/mol. The fourth-order valence-electron chi connectivity index (χ4n) is 2.41. The predicted octanol–water partition coefficient (Wildman–Crippen LogP) is 3.60. The van der Waals surface area contributed by atoms with Crippen molar-refractivity contribution in [3.05, 3.63) is 46.5 Å². The molecule has 0 saturated carbocycles. The smallest absolute Gasteiger partial charge is 0.162 e. The van der Waals surface area contributed by atoms with Crippen LogP contribution in [0.5, 0.6) is 17.2 Å². The number of benzene rings is 2. The van der Waals surface area contributed by atoms with Crippen molar-refractivity contribution in [1.29, 1.82) is 0 Å². The van der Waals surface area contributed by atoms with E-state index in [1.165, 1.54) is 12.7 Å². The van der Waals surface area contributed by atoms with E-state index < -0.39 is 0 Å². The predicted molar refractivity (Wildman–Crippen MR) is 82.6 cm³/mol. The number of halogens is 1. The molecule has 0 unspecified atom stereocenters. The van der Waals surface area contributed by atoms with Crippen LogP contribution in [0.15, 0.2) is 30.3 Å². The zero-order chi connectivity index (χ0) is 14.8. The summed E-state index contributed by atoms with van der Waals surface area (Å²) in [7, 11) is 1.50. The third-order valence-corrected chi connectivity index (χ3v) is 3.73. The van der Waals surface area contributed by atoms with Crippen LogP contribution in [0, 0.1) is 0 Å². The first kappa shape index (κ1) is 13.9. The number of hydrogen-bond donors (Lipinski definition) is 2. The zero-order valence-electron chi connectivity index (χ0n) is 11.6. The average Bonchev–Trinajstić information content (AvgIpc) is 2.95. The highest BCUT2D eigenvalue weighted by atomic mass is 35.5. The van der Waals surface area contributed by atoms with Gasteiger partial charge in [0, 0.05) is 35.3 Å². The van der Waals surface area contributed by atoms with Crippen molar-refractivity contribution in [2.75, 3.05) is 19.0 Å². The number of methoxy groups -OCH3 is 1. The van der Waals surface area contributed by atoms with Crippen LogP contribution in [0.2, 0.25) is 5.02 Å². The lowest BCUT2D eigenvalue weighted by atomic mass is 10.1. The van der Waals surface area contributed by atoms with E-state index >= 15 is 0 Å². The van der Waals surface area contributed by atoms with Gasteiger partial charge in [-0.15, -0.1) is 0 Å². The number of anilines is 1. The Kier molecular flexibility index (Phi) is 3.80. The Morgan fingerprint density at radius 1 is 1.33 bits per heavy atom. The number of phenolic OH excluding ortho intramolecular Hbond substituents is 1. The molecule has 110 valence electrons. The molecule has 2 aromatic rings. The number of aromatic hydroxyl groups is 1. The van der Waals surface area contributed by atoms with Crippen LogP contribution >= 0.6 is 11.6 Å². The van der Waals surface area contributed by atoms with E-state index in [4.69, 9.17) is 21.1 Å². The highest BCUT2D eigenvalue weighted by molar-refractivity contribution is 6.30. The fourth-order valence-corrected chi connectivity index (χ4v) is 2.64. The van der Waals surface area contributed by atoms with Crippen LogP contribution in [0.25, 0.3) is 0 Å². The number of rotatable bonds is 4. The molecule has 1 aliphatic heterocycles.